The van der Waals surface area contributed by atoms with Crippen LogP contribution in [0.5, 0.6) is 0 Å². The minimum absolute atomic E-state index is 0. The molecule has 0 bridgehead atoms. The van der Waals surface area contributed by atoms with Crippen molar-refractivity contribution in [2.45, 2.75) is 36.1 Å². The molecule has 0 aromatic carbocycles. The third-order valence-electron chi connectivity index (χ3n) is 4.03. The Labute approximate surface area is 217 Å². The van der Waals surface area contributed by atoms with Gasteiger partial charge >= 0.3 is 41.9 Å². The van der Waals surface area contributed by atoms with Gasteiger partial charge in [-0.25, -0.2) is 0 Å². The summed E-state index contributed by atoms with van der Waals surface area (Å²) in [6.07, 6.45) is 15.8. The molecule has 0 fully saturated rings. The van der Waals surface area contributed by atoms with Crippen LogP contribution in [0.4, 0.5) is 0 Å². The molecule has 2 aliphatic heterocycles. The molecule has 0 saturated carbocycles. The SMILES string of the molecule is CC1=[C-]C2=CC(Br)P(C)C2=C1.CC1=[C-]C2=CC(Br)P(C)C2=C1.C[Si](C)=[Zr+2].[Cl-].[Cl-]. The summed E-state index contributed by atoms with van der Waals surface area (Å²) in [7, 11) is 0.0172. The number of hydrogen-bond donors (Lipinski definition) is 0. The van der Waals surface area contributed by atoms with Gasteiger partial charge in [0.25, 0.3) is 0 Å². The molecule has 4 rings (SSSR count). The third-order valence-corrected chi connectivity index (χ3v) is 12.3. The van der Waals surface area contributed by atoms with Crippen molar-refractivity contribution >= 4 is 53.1 Å². The molecule has 0 spiro atoms. The van der Waals surface area contributed by atoms with E-state index >= 15 is 0 Å². The van der Waals surface area contributed by atoms with Gasteiger partial charge < -0.3 is 24.8 Å². The first kappa shape index (κ1) is 29.9. The molecule has 4 aliphatic rings. The van der Waals surface area contributed by atoms with Crippen LogP contribution in [0.3, 0.4) is 0 Å². The molecule has 0 amide bonds. The van der Waals surface area contributed by atoms with E-state index in [-0.39, 0.29) is 46.1 Å². The van der Waals surface area contributed by atoms with Crippen molar-refractivity contribution in [2.24, 2.45) is 0 Å². The summed E-state index contributed by atoms with van der Waals surface area (Å²) in [6, 6.07) is 0. The van der Waals surface area contributed by atoms with Crippen LogP contribution in [-0.4, -0.2) is 27.9 Å². The summed E-state index contributed by atoms with van der Waals surface area (Å²) < 4.78 is 1.17. The average Bonchev–Trinajstić information content (AvgIpc) is 3.19. The fraction of sp³-hybridized carbons (Fsp3) is 0.400. The molecule has 0 aromatic heterocycles. The van der Waals surface area contributed by atoms with Crippen molar-refractivity contribution in [2.75, 3.05) is 13.3 Å². The Morgan fingerprint density at radius 2 is 1.14 bits per heavy atom. The number of rotatable bonds is 0. The number of allylic oxidation sites excluding steroid dienone is 12. The van der Waals surface area contributed by atoms with E-state index < -0.39 is 0 Å². The molecular formula is C20H24Br2Cl2P2SiZr-2. The Bertz CT molecular complexity index is 736. The third kappa shape index (κ3) is 8.13. The predicted octanol–water partition coefficient (Wildman–Crippen LogP) is 1.60. The minimum Gasteiger partial charge on any atom is -1.00 e. The molecule has 4 unspecified atom stereocenters. The molecule has 8 heteroatoms. The zero-order valence-corrected chi connectivity index (χ0v) is 26.8. The van der Waals surface area contributed by atoms with E-state index in [4.69, 9.17) is 0 Å². The number of fused-ring (bicyclic) bond motifs is 2. The van der Waals surface area contributed by atoms with Gasteiger partial charge in [-0.05, 0) is 13.3 Å². The molecule has 28 heavy (non-hydrogen) atoms. The second kappa shape index (κ2) is 13.5. The Balaban J connectivity index is 0.000000415. The first-order valence-corrected chi connectivity index (χ1v) is 20.2. The molecule has 4 atom stereocenters. The monoisotopic (exact) mass is 672 g/mol. The van der Waals surface area contributed by atoms with Crippen LogP contribution in [0.2, 0.25) is 13.1 Å². The van der Waals surface area contributed by atoms with Crippen LogP contribution >= 0.6 is 47.7 Å². The minimum atomic E-state index is 0. The molecule has 0 nitrogen and oxygen atoms in total. The molecule has 2 heterocycles. The second-order valence-electron chi connectivity index (χ2n) is 6.80. The van der Waals surface area contributed by atoms with E-state index in [0.29, 0.717) is 9.14 Å². The van der Waals surface area contributed by atoms with Crippen molar-refractivity contribution in [1.29, 1.82) is 0 Å². The fourth-order valence-corrected chi connectivity index (χ4v) is 7.74. The van der Waals surface area contributed by atoms with Crippen LogP contribution in [0.25, 0.3) is 0 Å². The van der Waals surface area contributed by atoms with Crippen molar-refractivity contribution in [1.82, 2.24) is 0 Å². The zero-order valence-electron chi connectivity index (χ0n) is 16.9. The molecule has 0 saturated heterocycles. The summed E-state index contributed by atoms with van der Waals surface area (Å²) in [5.74, 6) is 0. The fourth-order valence-electron chi connectivity index (χ4n) is 2.79. The van der Waals surface area contributed by atoms with Gasteiger partial charge in [-0.2, -0.15) is 23.3 Å². The van der Waals surface area contributed by atoms with Gasteiger partial charge in [0, 0.05) is 9.14 Å². The van der Waals surface area contributed by atoms with E-state index in [1.807, 2.05) is 0 Å². The van der Waals surface area contributed by atoms with Crippen molar-refractivity contribution in [3.8, 4) is 0 Å². The van der Waals surface area contributed by atoms with Gasteiger partial charge in [0.05, 0.1) is 0 Å². The Morgan fingerprint density at radius 3 is 1.39 bits per heavy atom. The summed E-state index contributed by atoms with van der Waals surface area (Å²) in [5.41, 5.74) is 5.43. The molecule has 0 N–H and O–H groups in total. The molecule has 0 aromatic rings. The van der Waals surface area contributed by atoms with Gasteiger partial charge in [0.15, 0.2) is 0 Å². The zero-order chi connectivity index (χ0) is 19.6. The van der Waals surface area contributed by atoms with Crippen LogP contribution in [-0.2, 0) is 23.3 Å². The Hall–Kier alpha value is 1.94. The first-order chi connectivity index (χ1) is 12.1. The van der Waals surface area contributed by atoms with Gasteiger partial charge in [-0.3, -0.25) is 0 Å². The summed E-state index contributed by atoms with van der Waals surface area (Å²) in [6.45, 7) is 13.5. The predicted molar refractivity (Wildman–Crippen MR) is 126 cm³/mol. The van der Waals surface area contributed by atoms with E-state index in [0.717, 1.165) is 0 Å². The van der Waals surface area contributed by atoms with E-state index in [9.17, 15) is 0 Å². The number of halogens is 4. The molecule has 2 aliphatic carbocycles. The number of hydrogen-bond acceptors (Lipinski definition) is 0. The van der Waals surface area contributed by atoms with Gasteiger partial charge in [0.2, 0.25) is 0 Å². The molecular weight excluding hydrogens is 652 g/mol. The van der Waals surface area contributed by atoms with E-state index in [1.165, 1.54) is 32.9 Å². The average molecular weight is 676 g/mol. The van der Waals surface area contributed by atoms with Crippen molar-refractivity contribution in [3.05, 3.63) is 69.4 Å². The van der Waals surface area contributed by atoms with Crippen molar-refractivity contribution < 1.29 is 48.1 Å². The normalized spacial score (nSPS) is 28.2. The van der Waals surface area contributed by atoms with Gasteiger partial charge in [0.1, 0.15) is 0 Å². The van der Waals surface area contributed by atoms with Crippen LogP contribution in [0.1, 0.15) is 13.8 Å². The van der Waals surface area contributed by atoms with Crippen LogP contribution < -0.4 is 24.8 Å². The van der Waals surface area contributed by atoms with E-state index in [1.54, 1.807) is 23.3 Å². The largest absolute Gasteiger partial charge is 1.00 e. The molecule has 152 valence electrons. The maximum atomic E-state index is 3.64. The maximum Gasteiger partial charge on any atom is -1.00 e. The van der Waals surface area contributed by atoms with Gasteiger partial charge in [-0.1, -0.05) is 45.7 Å². The topological polar surface area (TPSA) is 0 Å². The van der Waals surface area contributed by atoms with Crippen LogP contribution in [0, 0.1) is 12.2 Å². The summed E-state index contributed by atoms with van der Waals surface area (Å²) >= 11 is 9.02. The standard InChI is InChI=1S/2C9H9BrP.C2H6Si.2ClH.Zr/c2*1-6-3-7-5-9(10)11(2)8(7)4-6;1-3-2;;;/h2*4-5,9H,1-2H3;1-2H3;2*1H;/q2*-1;;;;+2/p-2. The maximum absolute atomic E-state index is 3.64. The Morgan fingerprint density at radius 1 is 0.857 bits per heavy atom. The summed E-state index contributed by atoms with van der Waals surface area (Å²) in [4.78, 5) is 0. The second-order valence-corrected chi connectivity index (χ2v) is 24.1. The Kier molecular flexibility index (Phi) is 14.4. The van der Waals surface area contributed by atoms with Crippen LogP contribution in [0.15, 0.2) is 57.2 Å². The van der Waals surface area contributed by atoms with Crippen molar-refractivity contribution in [3.63, 3.8) is 0 Å². The van der Waals surface area contributed by atoms with Gasteiger partial charge in [-0.15, -0.1) is 61.9 Å². The smallest absolute Gasteiger partial charge is 1.00 e. The number of alkyl halides is 2. The first-order valence-electron chi connectivity index (χ1n) is 8.44. The molecule has 0 radical (unpaired) electrons. The quantitative estimate of drug-likeness (QED) is 0.159. The summed E-state index contributed by atoms with van der Waals surface area (Å²) in [5, 5.41) is 3.03. The van der Waals surface area contributed by atoms with E-state index in [2.05, 4.69) is 109 Å².